The van der Waals surface area contributed by atoms with Crippen LogP contribution < -0.4 is 10.6 Å². The van der Waals surface area contributed by atoms with Gasteiger partial charge in [0.1, 0.15) is 0 Å². The molecule has 37 heavy (non-hydrogen) atoms. The lowest BCUT2D eigenvalue weighted by molar-refractivity contribution is 0.0811. The molecule has 1 unspecified atom stereocenters. The van der Waals surface area contributed by atoms with Crippen LogP contribution in [0.3, 0.4) is 0 Å². The van der Waals surface area contributed by atoms with Gasteiger partial charge in [-0.25, -0.2) is 9.97 Å². The maximum atomic E-state index is 13.0. The second-order valence-electron chi connectivity index (χ2n) is 9.30. The molecule has 2 aromatic heterocycles. The highest BCUT2D eigenvalue weighted by atomic mass is 16.3. The van der Waals surface area contributed by atoms with Gasteiger partial charge in [0.25, 0.3) is 5.91 Å². The minimum Gasteiger partial charge on any atom is -0.381 e. The largest absolute Gasteiger partial charge is 0.381 e. The molecule has 1 atom stereocenters. The summed E-state index contributed by atoms with van der Waals surface area (Å²) in [5, 5.41) is 15.7. The number of nitrogens with one attached hydrogen (secondary N) is 2. The van der Waals surface area contributed by atoms with Crippen LogP contribution in [0.4, 0.5) is 17.3 Å². The second kappa shape index (κ2) is 11.3. The zero-order valence-electron chi connectivity index (χ0n) is 20.8. The lowest BCUT2D eigenvalue weighted by Crippen LogP contribution is -2.34. The van der Waals surface area contributed by atoms with Gasteiger partial charge in [0.15, 0.2) is 0 Å². The van der Waals surface area contributed by atoms with Crippen LogP contribution in [0.2, 0.25) is 0 Å². The third-order valence-electron chi connectivity index (χ3n) is 6.70. The van der Waals surface area contributed by atoms with Crippen molar-refractivity contribution in [1.82, 2.24) is 19.9 Å². The first-order chi connectivity index (χ1) is 18.1. The van der Waals surface area contributed by atoms with Crippen LogP contribution in [0, 0.1) is 6.92 Å². The van der Waals surface area contributed by atoms with E-state index in [9.17, 15) is 9.90 Å². The molecule has 0 radical (unpaired) electrons. The van der Waals surface area contributed by atoms with E-state index >= 15 is 0 Å². The van der Waals surface area contributed by atoms with E-state index in [2.05, 4.69) is 30.5 Å². The molecule has 3 N–H and O–H groups in total. The topological polar surface area (TPSA) is 103 Å². The summed E-state index contributed by atoms with van der Waals surface area (Å²) in [6.07, 6.45) is 7.35. The molecule has 0 bridgehead atoms. The van der Waals surface area contributed by atoms with Crippen molar-refractivity contribution in [1.29, 1.82) is 0 Å². The minimum atomic E-state index is -0.170. The molecule has 5 rings (SSSR count). The first-order valence-corrected chi connectivity index (χ1v) is 12.4. The molecule has 188 valence electrons. The Labute approximate surface area is 216 Å². The van der Waals surface area contributed by atoms with Gasteiger partial charge >= 0.3 is 0 Å². The molecule has 1 saturated heterocycles. The highest BCUT2D eigenvalue weighted by molar-refractivity contribution is 6.04. The van der Waals surface area contributed by atoms with Crippen molar-refractivity contribution in [3.8, 4) is 11.3 Å². The number of likely N-dealkylation sites (tertiary alicyclic amines) is 1. The van der Waals surface area contributed by atoms with Crippen LogP contribution in [-0.4, -0.2) is 50.7 Å². The summed E-state index contributed by atoms with van der Waals surface area (Å²) in [5.41, 5.74) is 5.96. The molecule has 1 fully saturated rings. The Hall–Kier alpha value is -4.14. The van der Waals surface area contributed by atoms with Crippen molar-refractivity contribution in [3.63, 3.8) is 0 Å². The Morgan fingerprint density at radius 2 is 1.97 bits per heavy atom. The summed E-state index contributed by atoms with van der Waals surface area (Å²) in [4.78, 5) is 28.1. The number of aliphatic hydroxyl groups excluding tert-OH is 1. The van der Waals surface area contributed by atoms with Crippen LogP contribution in [0.5, 0.6) is 0 Å². The number of piperidine rings is 1. The van der Waals surface area contributed by atoms with E-state index in [1.807, 2.05) is 67.6 Å². The molecule has 4 aromatic rings. The number of hydrogen-bond donors (Lipinski definition) is 3. The molecule has 0 spiro atoms. The number of aryl methyl sites for hydroxylation is 1. The molecule has 8 heteroatoms. The predicted molar refractivity (Wildman–Crippen MR) is 145 cm³/mol. The summed E-state index contributed by atoms with van der Waals surface area (Å²) < 4.78 is 0. The number of amides is 1. The Morgan fingerprint density at radius 3 is 2.76 bits per heavy atom. The maximum absolute atomic E-state index is 13.0. The minimum absolute atomic E-state index is 0.0897. The van der Waals surface area contributed by atoms with E-state index < -0.39 is 0 Å². The first-order valence-electron chi connectivity index (χ1n) is 12.4. The van der Waals surface area contributed by atoms with E-state index in [-0.39, 0.29) is 12.6 Å². The van der Waals surface area contributed by atoms with Crippen molar-refractivity contribution >= 4 is 23.2 Å². The van der Waals surface area contributed by atoms with Crippen molar-refractivity contribution in [2.24, 2.45) is 0 Å². The Morgan fingerprint density at radius 1 is 1.11 bits per heavy atom. The van der Waals surface area contributed by atoms with E-state index in [0.29, 0.717) is 23.1 Å². The molecular formula is C29H30N6O2. The monoisotopic (exact) mass is 494 g/mol. The summed E-state index contributed by atoms with van der Waals surface area (Å²) in [7, 11) is 0. The first kappa shape index (κ1) is 24.5. The van der Waals surface area contributed by atoms with Crippen LogP contribution >= 0.6 is 0 Å². The summed E-state index contributed by atoms with van der Waals surface area (Å²) in [5.74, 6) is 0.672. The number of hydrogen-bond acceptors (Lipinski definition) is 7. The molecule has 0 aliphatic carbocycles. The normalized spacial score (nSPS) is 15.8. The van der Waals surface area contributed by atoms with Gasteiger partial charge in [-0.15, -0.1) is 0 Å². The number of carbonyl (C=O) groups is 1. The number of benzene rings is 2. The zero-order valence-corrected chi connectivity index (χ0v) is 20.8. The van der Waals surface area contributed by atoms with E-state index in [1.54, 1.807) is 18.6 Å². The van der Waals surface area contributed by atoms with Gasteiger partial charge in [-0.05, 0) is 79.3 Å². The number of pyridine rings is 1. The highest BCUT2D eigenvalue weighted by Gasteiger charge is 2.21. The average molecular weight is 495 g/mol. The third kappa shape index (κ3) is 5.99. The van der Waals surface area contributed by atoms with Crippen LogP contribution in [-0.2, 0) is 0 Å². The number of rotatable bonds is 7. The second-order valence-corrected chi connectivity index (χ2v) is 9.30. The number of aromatic nitrogens is 3. The molecule has 1 aliphatic heterocycles. The van der Waals surface area contributed by atoms with Gasteiger partial charge in [-0.1, -0.05) is 18.2 Å². The van der Waals surface area contributed by atoms with Crippen LogP contribution in [0.25, 0.3) is 11.3 Å². The Bertz CT molecular complexity index is 1360. The molecule has 3 heterocycles. The lowest BCUT2D eigenvalue weighted by atomic mass is 9.90. The molecule has 1 aliphatic rings. The molecule has 0 saturated carbocycles. The van der Waals surface area contributed by atoms with Crippen molar-refractivity contribution in [2.75, 3.05) is 30.5 Å². The average Bonchev–Trinajstić information content (AvgIpc) is 2.95. The molecular weight excluding hydrogens is 464 g/mol. The van der Waals surface area contributed by atoms with Crippen LogP contribution in [0.1, 0.15) is 40.2 Å². The van der Waals surface area contributed by atoms with Crippen LogP contribution in [0.15, 0.2) is 79.3 Å². The van der Waals surface area contributed by atoms with Crippen molar-refractivity contribution in [2.45, 2.75) is 25.7 Å². The fourth-order valence-corrected chi connectivity index (χ4v) is 4.61. The molecule has 8 nitrogen and oxygen atoms in total. The third-order valence-corrected chi connectivity index (χ3v) is 6.70. The van der Waals surface area contributed by atoms with Gasteiger partial charge < -0.3 is 15.7 Å². The summed E-state index contributed by atoms with van der Waals surface area (Å²) >= 11 is 0. The van der Waals surface area contributed by atoms with Gasteiger partial charge in [0.05, 0.1) is 12.4 Å². The van der Waals surface area contributed by atoms with Crippen molar-refractivity contribution in [3.05, 3.63) is 95.9 Å². The molecule has 1 amide bonds. The SMILES string of the molecule is Cc1ccc(NC(=O)c2ccc(C3CCCN(CO)C3)cc2)cc1Nc1nccc(-c2cccnc2)n1. The Kier molecular flexibility index (Phi) is 7.49. The number of nitrogens with zero attached hydrogens (tertiary/aromatic N) is 4. The summed E-state index contributed by atoms with van der Waals surface area (Å²) in [6.45, 7) is 3.85. The lowest BCUT2D eigenvalue weighted by Gasteiger charge is -2.31. The number of aliphatic hydroxyl groups is 1. The standard InChI is InChI=1S/C29H30N6O2/c1-20-6-11-25(16-27(20)34-29-31-14-12-26(33-29)23-4-2-13-30-17-23)32-28(37)22-9-7-21(8-10-22)24-5-3-15-35(18-24)19-36/h2,4,6-14,16-17,24,36H,3,5,15,18-19H2,1H3,(H,32,37)(H,31,33,34). The Balaban J connectivity index is 1.27. The predicted octanol–water partition coefficient (Wildman–Crippen LogP) is 4.97. The highest BCUT2D eigenvalue weighted by Crippen LogP contribution is 2.28. The van der Waals surface area contributed by atoms with Gasteiger partial charge in [0.2, 0.25) is 5.95 Å². The number of carbonyl (C=O) groups excluding carboxylic acids is 1. The quantitative estimate of drug-likeness (QED) is 0.333. The maximum Gasteiger partial charge on any atom is 0.255 e. The van der Waals surface area contributed by atoms with Gasteiger partial charge in [-0.2, -0.15) is 0 Å². The van der Waals surface area contributed by atoms with E-state index in [0.717, 1.165) is 48.4 Å². The van der Waals surface area contributed by atoms with Gasteiger partial charge in [-0.3, -0.25) is 14.7 Å². The fraction of sp³-hybridized carbons (Fsp3) is 0.241. The van der Waals surface area contributed by atoms with Gasteiger partial charge in [0, 0.05) is 54.2 Å². The van der Waals surface area contributed by atoms with E-state index in [1.165, 1.54) is 5.56 Å². The van der Waals surface area contributed by atoms with E-state index in [4.69, 9.17) is 0 Å². The summed E-state index contributed by atoms with van der Waals surface area (Å²) in [6, 6.07) is 19.2. The molecule has 2 aromatic carbocycles. The smallest absolute Gasteiger partial charge is 0.255 e. The number of anilines is 3. The fourth-order valence-electron chi connectivity index (χ4n) is 4.61. The zero-order chi connectivity index (χ0) is 25.6. The van der Waals surface area contributed by atoms with Crippen molar-refractivity contribution < 1.29 is 9.90 Å².